The number of rotatable bonds is 3. The summed E-state index contributed by atoms with van der Waals surface area (Å²) in [6.45, 7) is 0. The lowest BCUT2D eigenvalue weighted by molar-refractivity contribution is 0.309. The summed E-state index contributed by atoms with van der Waals surface area (Å²) in [5.74, 6) is 1.53. The fourth-order valence-electron chi connectivity index (χ4n) is 3.36. The number of H-pyrrole nitrogens is 1. The van der Waals surface area contributed by atoms with E-state index in [1.165, 1.54) is 37.7 Å². The largest absolute Gasteiger partial charge is 0.496 e. The van der Waals surface area contributed by atoms with E-state index in [9.17, 15) is 0 Å². The van der Waals surface area contributed by atoms with Gasteiger partial charge in [-0.1, -0.05) is 25.3 Å². The normalized spacial score (nSPS) is 18.6. The van der Waals surface area contributed by atoms with Crippen molar-refractivity contribution in [3.8, 4) is 5.75 Å². The Kier molecular flexibility index (Phi) is 3.47. The van der Waals surface area contributed by atoms with Crippen molar-refractivity contribution in [2.75, 3.05) is 7.11 Å². The zero-order chi connectivity index (χ0) is 13.2. The fourth-order valence-corrected chi connectivity index (χ4v) is 3.36. The zero-order valence-corrected chi connectivity index (χ0v) is 11.5. The van der Waals surface area contributed by atoms with E-state index in [2.05, 4.69) is 17.2 Å². The summed E-state index contributed by atoms with van der Waals surface area (Å²) in [7, 11) is 1.72. The minimum absolute atomic E-state index is 0.116. The molecule has 3 rings (SSSR count). The first kappa shape index (κ1) is 12.5. The number of hydrogen-bond acceptors (Lipinski definition) is 2. The second-order valence-corrected chi connectivity index (χ2v) is 5.55. The van der Waals surface area contributed by atoms with E-state index in [0.29, 0.717) is 5.92 Å². The first-order valence-electron chi connectivity index (χ1n) is 7.21. The maximum absolute atomic E-state index is 6.53. The molecule has 1 aromatic heterocycles. The Morgan fingerprint density at radius 2 is 2.05 bits per heavy atom. The maximum Gasteiger partial charge on any atom is 0.128 e. The molecular formula is C16H22N2O. The molecule has 0 amide bonds. The Bertz CT molecular complexity index is 555. The second kappa shape index (κ2) is 5.25. The van der Waals surface area contributed by atoms with Gasteiger partial charge >= 0.3 is 0 Å². The van der Waals surface area contributed by atoms with Crippen LogP contribution in [0.1, 0.15) is 43.7 Å². The molecule has 0 saturated heterocycles. The number of aromatic amines is 1. The molecule has 1 atom stereocenters. The molecule has 102 valence electrons. The molecule has 19 heavy (non-hydrogen) atoms. The molecule has 1 aliphatic carbocycles. The van der Waals surface area contributed by atoms with Crippen molar-refractivity contribution in [3.63, 3.8) is 0 Å². The van der Waals surface area contributed by atoms with Gasteiger partial charge in [-0.2, -0.15) is 0 Å². The van der Waals surface area contributed by atoms with Crippen LogP contribution in [0.5, 0.6) is 5.75 Å². The van der Waals surface area contributed by atoms with E-state index < -0.39 is 0 Å². The van der Waals surface area contributed by atoms with E-state index in [1.54, 1.807) is 7.11 Å². The van der Waals surface area contributed by atoms with Crippen LogP contribution in [0.2, 0.25) is 0 Å². The van der Waals surface area contributed by atoms with Gasteiger partial charge in [0, 0.05) is 23.1 Å². The average Bonchev–Trinajstić information content (AvgIpc) is 2.91. The number of benzene rings is 1. The van der Waals surface area contributed by atoms with Crippen LogP contribution in [0.3, 0.4) is 0 Å². The van der Waals surface area contributed by atoms with Crippen molar-refractivity contribution in [2.24, 2.45) is 11.7 Å². The second-order valence-electron chi connectivity index (χ2n) is 5.55. The van der Waals surface area contributed by atoms with Crippen molar-refractivity contribution in [3.05, 3.63) is 30.0 Å². The summed E-state index contributed by atoms with van der Waals surface area (Å²) in [6, 6.07) is 6.21. The lowest BCUT2D eigenvalue weighted by Crippen LogP contribution is -2.23. The number of nitrogens with one attached hydrogen (secondary N) is 1. The summed E-state index contributed by atoms with van der Waals surface area (Å²) in [4.78, 5) is 3.32. The highest BCUT2D eigenvalue weighted by atomic mass is 16.5. The Morgan fingerprint density at radius 3 is 2.79 bits per heavy atom. The quantitative estimate of drug-likeness (QED) is 0.880. The van der Waals surface area contributed by atoms with Crippen LogP contribution in [0.25, 0.3) is 10.9 Å². The van der Waals surface area contributed by atoms with Gasteiger partial charge in [0.15, 0.2) is 0 Å². The Labute approximate surface area is 114 Å². The Balaban J connectivity index is 1.99. The molecule has 0 spiro atoms. The van der Waals surface area contributed by atoms with Crippen molar-refractivity contribution in [1.29, 1.82) is 0 Å². The lowest BCUT2D eigenvalue weighted by Gasteiger charge is -2.27. The highest BCUT2D eigenvalue weighted by Crippen LogP contribution is 2.38. The molecule has 1 heterocycles. The average molecular weight is 258 g/mol. The molecule has 0 bridgehead atoms. The summed E-state index contributed by atoms with van der Waals surface area (Å²) in [5, 5.41) is 1.16. The topological polar surface area (TPSA) is 51.0 Å². The third kappa shape index (κ3) is 2.23. The molecule has 3 heteroatoms. The molecule has 3 N–H and O–H groups in total. The first-order valence-corrected chi connectivity index (χ1v) is 7.21. The van der Waals surface area contributed by atoms with Gasteiger partial charge in [-0.15, -0.1) is 0 Å². The van der Waals surface area contributed by atoms with Gasteiger partial charge in [0.1, 0.15) is 5.75 Å². The summed E-state index contributed by atoms with van der Waals surface area (Å²) >= 11 is 0. The van der Waals surface area contributed by atoms with Crippen LogP contribution in [-0.4, -0.2) is 12.1 Å². The Hall–Kier alpha value is -1.48. The molecule has 0 radical (unpaired) electrons. The van der Waals surface area contributed by atoms with Gasteiger partial charge < -0.3 is 15.5 Å². The van der Waals surface area contributed by atoms with E-state index in [4.69, 9.17) is 10.5 Å². The van der Waals surface area contributed by atoms with Gasteiger partial charge in [-0.3, -0.25) is 0 Å². The van der Waals surface area contributed by atoms with Crippen LogP contribution in [-0.2, 0) is 0 Å². The molecule has 3 nitrogen and oxygen atoms in total. The molecule has 1 aromatic carbocycles. The van der Waals surface area contributed by atoms with E-state index in [0.717, 1.165) is 16.7 Å². The summed E-state index contributed by atoms with van der Waals surface area (Å²) < 4.78 is 5.49. The summed E-state index contributed by atoms with van der Waals surface area (Å²) in [5.41, 5.74) is 8.85. The Morgan fingerprint density at radius 1 is 1.26 bits per heavy atom. The molecule has 1 aliphatic rings. The number of ether oxygens (including phenoxy) is 1. The predicted molar refractivity (Wildman–Crippen MR) is 78.4 cm³/mol. The highest BCUT2D eigenvalue weighted by molar-refractivity contribution is 5.89. The molecule has 1 fully saturated rings. The predicted octanol–water partition coefficient (Wildman–Crippen LogP) is 3.76. The number of hydrogen-bond donors (Lipinski definition) is 2. The minimum Gasteiger partial charge on any atom is -0.496 e. The number of nitrogens with two attached hydrogens (primary N) is 1. The third-order valence-corrected chi connectivity index (χ3v) is 4.43. The highest BCUT2D eigenvalue weighted by Gasteiger charge is 2.24. The van der Waals surface area contributed by atoms with Crippen molar-refractivity contribution in [2.45, 2.75) is 38.1 Å². The minimum atomic E-state index is 0.116. The van der Waals surface area contributed by atoms with Crippen LogP contribution >= 0.6 is 0 Å². The molecule has 0 aliphatic heterocycles. The standard InChI is InChI=1S/C16H22N2O/c1-19-14-9-5-8-13-15(14)12(10-18-13)16(17)11-6-3-2-4-7-11/h5,8-11,16,18H,2-4,6-7,17H2,1H3. The van der Waals surface area contributed by atoms with Crippen LogP contribution in [0.15, 0.2) is 24.4 Å². The van der Waals surface area contributed by atoms with Gasteiger partial charge in [0.05, 0.1) is 7.11 Å². The van der Waals surface area contributed by atoms with Crippen molar-refractivity contribution >= 4 is 10.9 Å². The first-order chi connectivity index (χ1) is 9.31. The van der Waals surface area contributed by atoms with Gasteiger partial charge in [0.2, 0.25) is 0 Å². The maximum atomic E-state index is 6.53. The molecule has 1 unspecified atom stereocenters. The van der Waals surface area contributed by atoms with Gasteiger partial charge in [-0.05, 0) is 36.5 Å². The molecular weight excluding hydrogens is 236 g/mol. The smallest absolute Gasteiger partial charge is 0.128 e. The fraction of sp³-hybridized carbons (Fsp3) is 0.500. The SMILES string of the molecule is COc1cccc2[nH]cc(C(N)C3CCCCC3)c12. The third-order valence-electron chi connectivity index (χ3n) is 4.43. The lowest BCUT2D eigenvalue weighted by atomic mass is 9.81. The zero-order valence-electron chi connectivity index (χ0n) is 11.5. The monoisotopic (exact) mass is 258 g/mol. The number of methoxy groups -OCH3 is 1. The molecule has 2 aromatic rings. The van der Waals surface area contributed by atoms with Gasteiger partial charge in [-0.25, -0.2) is 0 Å². The van der Waals surface area contributed by atoms with Crippen LogP contribution < -0.4 is 10.5 Å². The van der Waals surface area contributed by atoms with Crippen molar-refractivity contribution < 1.29 is 4.74 Å². The van der Waals surface area contributed by atoms with E-state index >= 15 is 0 Å². The van der Waals surface area contributed by atoms with Crippen molar-refractivity contribution in [1.82, 2.24) is 4.98 Å². The van der Waals surface area contributed by atoms with Crippen LogP contribution in [0, 0.1) is 5.92 Å². The number of aromatic nitrogens is 1. The molecule has 1 saturated carbocycles. The van der Waals surface area contributed by atoms with E-state index in [-0.39, 0.29) is 6.04 Å². The number of fused-ring (bicyclic) bond motifs is 1. The van der Waals surface area contributed by atoms with E-state index in [1.807, 2.05) is 12.1 Å². The van der Waals surface area contributed by atoms with Crippen LogP contribution in [0.4, 0.5) is 0 Å². The summed E-state index contributed by atoms with van der Waals surface area (Å²) in [6.07, 6.45) is 8.56. The van der Waals surface area contributed by atoms with Gasteiger partial charge in [0.25, 0.3) is 0 Å².